The van der Waals surface area contributed by atoms with E-state index in [0.29, 0.717) is 12.1 Å². The van der Waals surface area contributed by atoms with Crippen LogP contribution in [0.2, 0.25) is 0 Å². The fraction of sp³-hybridized carbons (Fsp3) is 0.300. The molecule has 6 heteroatoms. The largest absolute Gasteiger partial charge is 0.327 e. The van der Waals surface area contributed by atoms with E-state index in [1.807, 2.05) is 18.7 Å². The third-order valence-corrected chi connectivity index (χ3v) is 5.94. The number of nitrogens with zero attached hydrogens (tertiary/aromatic N) is 4. The van der Waals surface area contributed by atoms with Crippen molar-refractivity contribution in [3.8, 4) is 0 Å². The minimum Gasteiger partial charge on any atom is -0.327 e. The molecule has 2 heterocycles. The van der Waals surface area contributed by atoms with Crippen molar-refractivity contribution in [2.24, 2.45) is 0 Å². The first kappa shape index (κ1) is 16.5. The average molecular weight is 474 g/mol. The van der Waals surface area contributed by atoms with Gasteiger partial charge in [0.2, 0.25) is 0 Å². The average Bonchev–Trinajstić information content (AvgIpc) is 3.57. The SMILES string of the molecule is Brc1ccc2c(c1)ncn2C1CC1.Brc1ccc2ncn(C3CC3)c2c1. The van der Waals surface area contributed by atoms with Gasteiger partial charge >= 0.3 is 0 Å². The summed E-state index contributed by atoms with van der Waals surface area (Å²) in [5, 5.41) is 0. The molecule has 2 aromatic heterocycles. The van der Waals surface area contributed by atoms with E-state index in [4.69, 9.17) is 0 Å². The Bertz CT molecular complexity index is 1090. The summed E-state index contributed by atoms with van der Waals surface area (Å²) in [5.74, 6) is 0. The summed E-state index contributed by atoms with van der Waals surface area (Å²) in [7, 11) is 0. The molecule has 2 aliphatic carbocycles. The van der Waals surface area contributed by atoms with Gasteiger partial charge in [0.1, 0.15) is 0 Å². The molecule has 0 spiro atoms. The van der Waals surface area contributed by atoms with Crippen LogP contribution in [0.5, 0.6) is 0 Å². The van der Waals surface area contributed by atoms with Gasteiger partial charge in [-0.05, 0) is 62.1 Å². The lowest BCUT2D eigenvalue weighted by atomic mass is 10.3. The van der Waals surface area contributed by atoms with Crippen LogP contribution < -0.4 is 0 Å². The van der Waals surface area contributed by atoms with E-state index in [1.54, 1.807) is 0 Å². The number of hydrogen-bond donors (Lipinski definition) is 0. The number of rotatable bonds is 2. The number of halogens is 2. The molecule has 0 radical (unpaired) electrons. The number of benzene rings is 2. The molecule has 26 heavy (non-hydrogen) atoms. The fourth-order valence-corrected chi connectivity index (χ4v) is 3.99. The lowest BCUT2D eigenvalue weighted by Gasteiger charge is -2.00. The van der Waals surface area contributed by atoms with E-state index in [0.717, 1.165) is 20.0 Å². The van der Waals surface area contributed by atoms with Crippen molar-refractivity contribution in [3.63, 3.8) is 0 Å². The van der Waals surface area contributed by atoms with Crippen LogP contribution in [-0.4, -0.2) is 19.1 Å². The van der Waals surface area contributed by atoms with E-state index in [1.165, 1.54) is 36.7 Å². The maximum atomic E-state index is 4.37. The summed E-state index contributed by atoms with van der Waals surface area (Å²) in [5.41, 5.74) is 4.68. The second kappa shape index (κ2) is 6.50. The molecule has 0 unspecified atom stereocenters. The van der Waals surface area contributed by atoms with Crippen molar-refractivity contribution in [2.45, 2.75) is 37.8 Å². The second-order valence-corrected chi connectivity index (χ2v) is 8.86. The molecule has 0 aliphatic heterocycles. The Labute approximate surface area is 168 Å². The van der Waals surface area contributed by atoms with Gasteiger partial charge < -0.3 is 9.13 Å². The van der Waals surface area contributed by atoms with E-state index in [-0.39, 0.29) is 0 Å². The fourth-order valence-electron chi connectivity index (χ4n) is 3.29. The number of imidazole rings is 2. The predicted octanol–water partition coefficient (Wildman–Crippen LogP) is 6.27. The maximum Gasteiger partial charge on any atom is 0.0960 e. The molecule has 4 nitrogen and oxygen atoms in total. The van der Waals surface area contributed by atoms with Gasteiger partial charge in [-0.25, -0.2) is 9.97 Å². The molecular formula is C20H18Br2N4. The smallest absolute Gasteiger partial charge is 0.0960 e. The van der Waals surface area contributed by atoms with Gasteiger partial charge in [0, 0.05) is 21.0 Å². The van der Waals surface area contributed by atoms with Crippen LogP contribution in [0, 0.1) is 0 Å². The van der Waals surface area contributed by atoms with E-state index in [2.05, 4.69) is 81.3 Å². The standard InChI is InChI=1S/2C10H9BrN2/c11-7-1-4-10-9(5-7)12-6-13(10)8-2-3-8;11-7-1-4-9-10(5-7)13(6-12-9)8-2-3-8/h2*1,4-6,8H,2-3H2. The Morgan fingerprint density at radius 1 is 0.692 bits per heavy atom. The van der Waals surface area contributed by atoms with Crippen LogP contribution >= 0.6 is 31.9 Å². The Morgan fingerprint density at radius 2 is 1.27 bits per heavy atom. The molecule has 6 rings (SSSR count). The van der Waals surface area contributed by atoms with E-state index < -0.39 is 0 Å². The topological polar surface area (TPSA) is 35.6 Å². The van der Waals surface area contributed by atoms with E-state index in [9.17, 15) is 0 Å². The van der Waals surface area contributed by atoms with Gasteiger partial charge in [-0.2, -0.15) is 0 Å². The van der Waals surface area contributed by atoms with Crippen LogP contribution in [0.15, 0.2) is 58.0 Å². The highest BCUT2D eigenvalue weighted by atomic mass is 79.9. The quantitative estimate of drug-likeness (QED) is 0.344. The molecule has 2 fully saturated rings. The van der Waals surface area contributed by atoms with Crippen molar-refractivity contribution in [3.05, 3.63) is 58.0 Å². The summed E-state index contributed by atoms with van der Waals surface area (Å²) in [6, 6.07) is 13.9. The summed E-state index contributed by atoms with van der Waals surface area (Å²) in [6.07, 6.45) is 9.13. The number of hydrogen-bond acceptors (Lipinski definition) is 2. The van der Waals surface area contributed by atoms with Crippen LogP contribution in [0.3, 0.4) is 0 Å². The van der Waals surface area contributed by atoms with Crippen molar-refractivity contribution < 1.29 is 0 Å². The van der Waals surface area contributed by atoms with Crippen molar-refractivity contribution in [1.82, 2.24) is 19.1 Å². The predicted molar refractivity (Wildman–Crippen MR) is 111 cm³/mol. The Hall–Kier alpha value is -1.66. The van der Waals surface area contributed by atoms with Gasteiger partial charge in [-0.1, -0.05) is 31.9 Å². The van der Waals surface area contributed by atoms with Crippen molar-refractivity contribution in [2.75, 3.05) is 0 Å². The maximum absolute atomic E-state index is 4.37. The molecule has 2 aliphatic rings. The zero-order valence-corrected chi connectivity index (χ0v) is 17.3. The van der Waals surface area contributed by atoms with Crippen LogP contribution in [0.1, 0.15) is 37.8 Å². The molecule has 0 amide bonds. The van der Waals surface area contributed by atoms with Crippen molar-refractivity contribution >= 4 is 53.9 Å². The summed E-state index contributed by atoms with van der Waals surface area (Å²) >= 11 is 6.92. The highest BCUT2D eigenvalue weighted by Gasteiger charge is 2.25. The minimum absolute atomic E-state index is 0.708. The number of fused-ring (bicyclic) bond motifs is 2. The highest BCUT2D eigenvalue weighted by molar-refractivity contribution is 9.10. The van der Waals surface area contributed by atoms with Gasteiger partial charge in [0.05, 0.1) is 34.7 Å². The summed E-state index contributed by atoms with van der Waals surface area (Å²) < 4.78 is 6.78. The first-order valence-electron chi connectivity index (χ1n) is 8.93. The molecule has 0 atom stereocenters. The monoisotopic (exact) mass is 472 g/mol. The third kappa shape index (κ3) is 3.21. The second-order valence-electron chi connectivity index (χ2n) is 7.03. The Kier molecular flexibility index (Phi) is 4.13. The molecule has 4 aromatic rings. The lowest BCUT2D eigenvalue weighted by Crippen LogP contribution is -1.89. The van der Waals surface area contributed by atoms with Gasteiger partial charge in [-0.3, -0.25) is 0 Å². The minimum atomic E-state index is 0.708. The van der Waals surface area contributed by atoms with Gasteiger partial charge in [0.25, 0.3) is 0 Å². The van der Waals surface area contributed by atoms with Crippen LogP contribution in [0.25, 0.3) is 22.1 Å². The van der Waals surface area contributed by atoms with Gasteiger partial charge in [0.15, 0.2) is 0 Å². The molecule has 0 saturated heterocycles. The summed E-state index contributed by atoms with van der Waals surface area (Å²) in [4.78, 5) is 8.74. The third-order valence-electron chi connectivity index (χ3n) is 4.95. The van der Waals surface area contributed by atoms with E-state index >= 15 is 0 Å². The molecular weight excluding hydrogens is 456 g/mol. The van der Waals surface area contributed by atoms with Crippen LogP contribution in [0.4, 0.5) is 0 Å². The molecule has 0 N–H and O–H groups in total. The lowest BCUT2D eigenvalue weighted by molar-refractivity contribution is 0.766. The molecule has 2 saturated carbocycles. The zero-order chi connectivity index (χ0) is 17.7. The number of aromatic nitrogens is 4. The normalized spacial score (nSPS) is 16.7. The molecule has 132 valence electrons. The first-order chi connectivity index (χ1) is 12.7. The van der Waals surface area contributed by atoms with Crippen LogP contribution in [-0.2, 0) is 0 Å². The Morgan fingerprint density at radius 3 is 1.96 bits per heavy atom. The zero-order valence-electron chi connectivity index (χ0n) is 14.1. The molecule has 2 aromatic carbocycles. The van der Waals surface area contributed by atoms with Gasteiger partial charge in [-0.15, -0.1) is 0 Å². The molecule has 0 bridgehead atoms. The summed E-state index contributed by atoms with van der Waals surface area (Å²) in [6.45, 7) is 0. The Balaban J connectivity index is 0.000000115. The highest BCUT2D eigenvalue weighted by Crippen LogP contribution is 2.38. The first-order valence-corrected chi connectivity index (χ1v) is 10.5. The van der Waals surface area contributed by atoms with Crippen molar-refractivity contribution in [1.29, 1.82) is 0 Å².